The fraction of sp³-hybridized carbons (Fsp3) is 0.0588. The van der Waals surface area contributed by atoms with E-state index in [0.29, 0.717) is 12.1 Å². The van der Waals surface area contributed by atoms with Gasteiger partial charge in [0.2, 0.25) is 5.91 Å². The van der Waals surface area contributed by atoms with Crippen LogP contribution in [0, 0.1) is 0 Å². The molecular weight excluding hydrogens is 262 g/mol. The standard InChI is InChI=1S/C17H15N3O/c18-17(21)13-5-3-12(4-6-13)11-20-15-7-8-16-14(10-15)2-1-9-19-16/h1-10,20H,11H2,(H2,18,21). The fourth-order valence-electron chi connectivity index (χ4n) is 2.18. The molecule has 1 amide bonds. The van der Waals surface area contributed by atoms with Gasteiger partial charge < -0.3 is 11.1 Å². The van der Waals surface area contributed by atoms with Crippen molar-refractivity contribution in [3.05, 3.63) is 71.9 Å². The summed E-state index contributed by atoms with van der Waals surface area (Å²) < 4.78 is 0. The van der Waals surface area contributed by atoms with Crippen molar-refractivity contribution in [3.63, 3.8) is 0 Å². The SMILES string of the molecule is NC(=O)c1ccc(CNc2ccc3ncccc3c2)cc1. The molecule has 0 aliphatic heterocycles. The van der Waals surface area contributed by atoms with E-state index in [1.807, 2.05) is 36.4 Å². The number of hydrogen-bond donors (Lipinski definition) is 2. The topological polar surface area (TPSA) is 68.0 Å². The van der Waals surface area contributed by atoms with Crippen LogP contribution in [0.25, 0.3) is 10.9 Å². The second-order valence-corrected chi connectivity index (χ2v) is 4.83. The van der Waals surface area contributed by atoms with Gasteiger partial charge in [-0.3, -0.25) is 9.78 Å². The van der Waals surface area contributed by atoms with Gasteiger partial charge in [-0.15, -0.1) is 0 Å². The summed E-state index contributed by atoms with van der Waals surface area (Å²) in [6.07, 6.45) is 1.79. The normalized spacial score (nSPS) is 10.5. The number of benzene rings is 2. The lowest BCUT2D eigenvalue weighted by Crippen LogP contribution is -2.10. The van der Waals surface area contributed by atoms with Crippen LogP contribution in [0.3, 0.4) is 0 Å². The number of anilines is 1. The van der Waals surface area contributed by atoms with Crippen LogP contribution in [0.4, 0.5) is 5.69 Å². The summed E-state index contributed by atoms with van der Waals surface area (Å²) in [5.74, 6) is -0.406. The fourth-order valence-corrected chi connectivity index (χ4v) is 2.18. The van der Waals surface area contributed by atoms with Crippen molar-refractivity contribution in [1.82, 2.24) is 4.98 Å². The number of amides is 1. The van der Waals surface area contributed by atoms with Crippen molar-refractivity contribution < 1.29 is 4.79 Å². The number of fused-ring (bicyclic) bond motifs is 1. The Morgan fingerprint density at radius 2 is 1.90 bits per heavy atom. The number of primary amides is 1. The average molecular weight is 277 g/mol. The molecule has 0 unspecified atom stereocenters. The number of nitrogens with one attached hydrogen (secondary N) is 1. The van der Waals surface area contributed by atoms with Gasteiger partial charge in [-0.05, 0) is 42.0 Å². The predicted molar refractivity (Wildman–Crippen MR) is 84.0 cm³/mol. The van der Waals surface area contributed by atoms with Crippen molar-refractivity contribution >= 4 is 22.5 Å². The first kappa shape index (κ1) is 13.1. The van der Waals surface area contributed by atoms with Crippen molar-refractivity contribution in [3.8, 4) is 0 Å². The van der Waals surface area contributed by atoms with E-state index >= 15 is 0 Å². The second-order valence-electron chi connectivity index (χ2n) is 4.83. The highest BCUT2D eigenvalue weighted by atomic mass is 16.1. The van der Waals surface area contributed by atoms with Gasteiger partial charge in [0.1, 0.15) is 0 Å². The molecule has 1 heterocycles. The van der Waals surface area contributed by atoms with E-state index in [9.17, 15) is 4.79 Å². The lowest BCUT2D eigenvalue weighted by molar-refractivity contribution is 0.100. The third-order valence-corrected chi connectivity index (χ3v) is 3.34. The first-order valence-electron chi connectivity index (χ1n) is 6.70. The zero-order valence-electron chi connectivity index (χ0n) is 11.4. The Hall–Kier alpha value is -2.88. The molecule has 1 aromatic heterocycles. The van der Waals surface area contributed by atoms with Crippen LogP contribution in [0.2, 0.25) is 0 Å². The highest BCUT2D eigenvalue weighted by molar-refractivity contribution is 5.92. The lowest BCUT2D eigenvalue weighted by Gasteiger charge is -2.08. The number of carbonyl (C=O) groups excluding carboxylic acids is 1. The van der Waals surface area contributed by atoms with E-state index in [1.54, 1.807) is 18.3 Å². The molecule has 0 atom stereocenters. The summed E-state index contributed by atoms with van der Waals surface area (Å²) in [5, 5.41) is 4.46. The Morgan fingerprint density at radius 3 is 2.67 bits per heavy atom. The quantitative estimate of drug-likeness (QED) is 0.770. The third-order valence-electron chi connectivity index (χ3n) is 3.34. The summed E-state index contributed by atoms with van der Waals surface area (Å²) in [6, 6.07) is 17.3. The molecule has 3 aromatic rings. The van der Waals surface area contributed by atoms with Crippen molar-refractivity contribution in [1.29, 1.82) is 0 Å². The first-order chi connectivity index (χ1) is 10.2. The lowest BCUT2D eigenvalue weighted by atomic mass is 10.1. The van der Waals surface area contributed by atoms with Crippen LogP contribution in [-0.2, 0) is 6.54 Å². The van der Waals surface area contributed by atoms with Crippen molar-refractivity contribution in [2.24, 2.45) is 5.73 Å². The van der Waals surface area contributed by atoms with Crippen LogP contribution in [-0.4, -0.2) is 10.9 Å². The summed E-state index contributed by atoms with van der Waals surface area (Å²) >= 11 is 0. The van der Waals surface area contributed by atoms with Gasteiger partial charge in [0.05, 0.1) is 5.52 Å². The molecule has 4 nitrogen and oxygen atoms in total. The molecule has 0 saturated carbocycles. The number of nitrogens with two attached hydrogens (primary N) is 1. The molecule has 2 aromatic carbocycles. The maximum atomic E-state index is 11.0. The summed E-state index contributed by atoms with van der Waals surface area (Å²) in [5.41, 5.74) is 8.85. The first-order valence-corrected chi connectivity index (χ1v) is 6.70. The van der Waals surface area contributed by atoms with E-state index in [4.69, 9.17) is 5.73 Å². The average Bonchev–Trinajstić information content (AvgIpc) is 2.53. The highest BCUT2D eigenvalue weighted by Gasteiger charge is 2.00. The molecule has 3 rings (SSSR count). The number of pyridine rings is 1. The Balaban J connectivity index is 1.72. The Labute approximate surface area is 122 Å². The second kappa shape index (κ2) is 5.63. The number of hydrogen-bond acceptors (Lipinski definition) is 3. The molecule has 0 fully saturated rings. The molecule has 0 radical (unpaired) electrons. The molecule has 4 heteroatoms. The summed E-state index contributed by atoms with van der Waals surface area (Å²) in [4.78, 5) is 15.3. The maximum absolute atomic E-state index is 11.0. The maximum Gasteiger partial charge on any atom is 0.248 e. The van der Waals surface area contributed by atoms with E-state index in [-0.39, 0.29) is 0 Å². The van der Waals surface area contributed by atoms with Gasteiger partial charge in [-0.1, -0.05) is 18.2 Å². The van der Waals surface area contributed by atoms with Gasteiger partial charge >= 0.3 is 0 Å². The predicted octanol–water partition coefficient (Wildman–Crippen LogP) is 2.95. The van der Waals surface area contributed by atoms with Crippen LogP contribution >= 0.6 is 0 Å². The molecule has 0 bridgehead atoms. The Kier molecular flexibility index (Phi) is 3.51. The Bertz CT molecular complexity index is 781. The van der Waals surface area contributed by atoms with Crippen LogP contribution in [0.15, 0.2) is 60.8 Å². The zero-order valence-corrected chi connectivity index (χ0v) is 11.4. The molecule has 0 spiro atoms. The van der Waals surface area contributed by atoms with E-state index in [2.05, 4.69) is 16.4 Å². The minimum atomic E-state index is -0.406. The monoisotopic (exact) mass is 277 g/mol. The third kappa shape index (κ3) is 3.00. The van der Waals surface area contributed by atoms with Gasteiger partial charge in [0.25, 0.3) is 0 Å². The summed E-state index contributed by atoms with van der Waals surface area (Å²) in [6.45, 7) is 0.685. The van der Waals surface area contributed by atoms with E-state index in [0.717, 1.165) is 22.2 Å². The molecule has 0 aliphatic rings. The van der Waals surface area contributed by atoms with Crippen molar-refractivity contribution in [2.45, 2.75) is 6.54 Å². The molecular formula is C17H15N3O. The van der Waals surface area contributed by atoms with E-state index < -0.39 is 5.91 Å². The number of rotatable bonds is 4. The number of nitrogens with zero attached hydrogens (tertiary/aromatic N) is 1. The molecule has 3 N–H and O–H groups in total. The zero-order chi connectivity index (χ0) is 14.7. The minimum Gasteiger partial charge on any atom is -0.381 e. The largest absolute Gasteiger partial charge is 0.381 e. The molecule has 21 heavy (non-hydrogen) atoms. The number of carbonyl (C=O) groups is 1. The van der Waals surface area contributed by atoms with Gasteiger partial charge in [0.15, 0.2) is 0 Å². The van der Waals surface area contributed by atoms with Crippen LogP contribution in [0.1, 0.15) is 15.9 Å². The van der Waals surface area contributed by atoms with Gasteiger partial charge in [-0.25, -0.2) is 0 Å². The van der Waals surface area contributed by atoms with E-state index in [1.165, 1.54) is 0 Å². The smallest absolute Gasteiger partial charge is 0.248 e. The molecule has 104 valence electrons. The van der Waals surface area contributed by atoms with Gasteiger partial charge in [0, 0.05) is 29.4 Å². The molecule has 0 saturated heterocycles. The van der Waals surface area contributed by atoms with Crippen LogP contribution < -0.4 is 11.1 Å². The van der Waals surface area contributed by atoms with Crippen molar-refractivity contribution in [2.75, 3.05) is 5.32 Å². The van der Waals surface area contributed by atoms with Gasteiger partial charge in [-0.2, -0.15) is 0 Å². The molecule has 0 aliphatic carbocycles. The minimum absolute atomic E-state index is 0.406. The van der Waals surface area contributed by atoms with Crippen LogP contribution in [0.5, 0.6) is 0 Å². The summed E-state index contributed by atoms with van der Waals surface area (Å²) in [7, 11) is 0. The highest BCUT2D eigenvalue weighted by Crippen LogP contribution is 2.17. The number of aromatic nitrogens is 1. The Morgan fingerprint density at radius 1 is 1.10 bits per heavy atom.